The van der Waals surface area contributed by atoms with Gasteiger partial charge in [-0.25, -0.2) is 4.68 Å². The van der Waals surface area contributed by atoms with Gasteiger partial charge in [-0.2, -0.15) is 9.97 Å². The zero-order chi connectivity index (χ0) is 18.1. The summed E-state index contributed by atoms with van der Waals surface area (Å²) in [5, 5.41) is 27.3. The standard InChI is InChI=1S/C17H20N6O3/c18-17-19-15-14(16(20-17)26-9-10-4-2-1-3-5-10)21-22-23(15)13-6-11(7-24)12(13)8-25/h1-5,11-13,24-25H,6-9H2,(H2,18,19,20)/t11-,12-,13-/m1/s1. The highest BCUT2D eigenvalue weighted by molar-refractivity contribution is 5.76. The van der Waals surface area contributed by atoms with Crippen molar-refractivity contribution in [1.82, 2.24) is 25.0 Å². The zero-order valence-corrected chi connectivity index (χ0v) is 14.1. The fourth-order valence-corrected chi connectivity index (χ4v) is 3.41. The van der Waals surface area contributed by atoms with Gasteiger partial charge in [-0.1, -0.05) is 35.5 Å². The van der Waals surface area contributed by atoms with E-state index < -0.39 is 0 Å². The van der Waals surface area contributed by atoms with E-state index in [1.54, 1.807) is 4.68 Å². The van der Waals surface area contributed by atoms with E-state index in [1.807, 2.05) is 30.3 Å². The first-order valence-corrected chi connectivity index (χ1v) is 8.48. The number of aromatic nitrogens is 5. The van der Waals surface area contributed by atoms with E-state index in [0.717, 1.165) is 5.56 Å². The van der Waals surface area contributed by atoms with Crippen molar-refractivity contribution < 1.29 is 14.9 Å². The van der Waals surface area contributed by atoms with E-state index in [2.05, 4.69) is 20.3 Å². The third-order valence-corrected chi connectivity index (χ3v) is 4.93. The first kappa shape index (κ1) is 16.7. The Bertz CT molecular complexity index is 900. The highest BCUT2D eigenvalue weighted by Gasteiger charge is 2.43. The van der Waals surface area contributed by atoms with Gasteiger partial charge in [0.2, 0.25) is 11.8 Å². The molecule has 2 aromatic heterocycles. The third-order valence-electron chi connectivity index (χ3n) is 4.93. The molecule has 2 heterocycles. The Kier molecular flexibility index (Phi) is 4.39. The van der Waals surface area contributed by atoms with E-state index in [9.17, 15) is 10.2 Å². The van der Waals surface area contributed by atoms with Gasteiger partial charge < -0.3 is 20.7 Å². The van der Waals surface area contributed by atoms with Crippen molar-refractivity contribution in [2.24, 2.45) is 11.8 Å². The molecule has 136 valence electrons. The molecule has 26 heavy (non-hydrogen) atoms. The van der Waals surface area contributed by atoms with Crippen molar-refractivity contribution in [2.75, 3.05) is 18.9 Å². The number of ether oxygens (including phenoxy) is 1. The van der Waals surface area contributed by atoms with Gasteiger partial charge in [0.15, 0.2) is 11.2 Å². The fourth-order valence-electron chi connectivity index (χ4n) is 3.41. The summed E-state index contributed by atoms with van der Waals surface area (Å²) in [7, 11) is 0. The van der Waals surface area contributed by atoms with Crippen molar-refractivity contribution in [3.8, 4) is 5.88 Å². The summed E-state index contributed by atoms with van der Waals surface area (Å²) in [6.07, 6.45) is 0.699. The Balaban J connectivity index is 1.63. The molecule has 0 radical (unpaired) electrons. The Morgan fingerprint density at radius 2 is 1.96 bits per heavy atom. The van der Waals surface area contributed by atoms with Crippen molar-refractivity contribution in [3.63, 3.8) is 0 Å². The summed E-state index contributed by atoms with van der Waals surface area (Å²) in [5.74, 6) is 0.316. The van der Waals surface area contributed by atoms with Crippen LogP contribution in [0.5, 0.6) is 5.88 Å². The minimum Gasteiger partial charge on any atom is -0.471 e. The molecule has 3 atom stereocenters. The van der Waals surface area contributed by atoms with Crippen LogP contribution in [0.4, 0.5) is 5.95 Å². The molecule has 0 bridgehead atoms. The average molecular weight is 356 g/mol. The van der Waals surface area contributed by atoms with Crippen LogP contribution in [0.1, 0.15) is 18.0 Å². The lowest BCUT2D eigenvalue weighted by atomic mass is 9.70. The number of nitrogen functional groups attached to an aromatic ring is 1. The van der Waals surface area contributed by atoms with Crippen LogP contribution in [0.25, 0.3) is 11.2 Å². The van der Waals surface area contributed by atoms with Gasteiger partial charge in [-0.3, -0.25) is 0 Å². The van der Waals surface area contributed by atoms with Gasteiger partial charge in [-0.05, 0) is 17.9 Å². The minimum absolute atomic E-state index is 0.0326. The molecule has 4 rings (SSSR count). The normalized spacial score (nSPS) is 22.3. The van der Waals surface area contributed by atoms with Crippen LogP contribution in [0.15, 0.2) is 30.3 Å². The topological polar surface area (TPSA) is 132 Å². The van der Waals surface area contributed by atoms with Gasteiger partial charge in [0.25, 0.3) is 0 Å². The molecule has 9 nitrogen and oxygen atoms in total. The summed E-state index contributed by atoms with van der Waals surface area (Å²) in [4.78, 5) is 8.40. The van der Waals surface area contributed by atoms with Crippen LogP contribution < -0.4 is 10.5 Å². The molecule has 1 aliphatic carbocycles. The second-order valence-electron chi connectivity index (χ2n) is 6.46. The number of nitrogens with two attached hydrogens (primary N) is 1. The molecule has 1 aromatic carbocycles. The van der Waals surface area contributed by atoms with Crippen molar-refractivity contribution in [2.45, 2.75) is 19.1 Å². The summed E-state index contributed by atoms with van der Waals surface area (Å²) in [6, 6.07) is 9.62. The van der Waals surface area contributed by atoms with Crippen LogP contribution in [0.3, 0.4) is 0 Å². The predicted molar refractivity (Wildman–Crippen MR) is 93.1 cm³/mol. The number of benzene rings is 1. The maximum Gasteiger partial charge on any atom is 0.249 e. The van der Waals surface area contributed by atoms with Crippen molar-refractivity contribution >= 4 is 17.1 Å². The van der Waals surface area contributed by atoms with E-state index in [0.29, 0.717) is 24.2 Å². The van der Waals surface area contributed by atoms with E-state index in [4.69, 9.17) is 10.5 Å². The number of rotatable bonds is 6. The molecular formula is C17H20N6O3. The SMILES string of the molecule is Nc1nc(OCc2ccccc2)c2nnn([C@@H]3C[C@H](CO)[C@H]3CO)c2n1. The van der Waals surface area contributed by atoms with Crippen LogP contribution in [-0.2, 0) is 6.61 Å². The number of aliphatic hydroxyl groups is 2. The highest BCUT2D eigenvalue weighted by Crippen LogP contribution is 2.44. The lowest BCUT2D eigenvalue weighted by Crippen LogP contribution is -2.43. The van der Waals surface area contributed by atoms with Gasteiger partial charge in [0, 0.05) is 19.1 Å². The number of fused-ring (bicyclic) bond motifs is 1. The lowest BCUT2D eigenvalue weighted by Gasteiger charge is -2.42. The van der Waals surface area contributed by atoms with E-state index in [1.165, 1.54) is 0 Å². The number of aliphatic hydroxyl groups excluding tert-OH is 2. The summed E-state index contributed by atoms with van der Waals surface area (Å²) < 4.78 is 7.44. The Morgan fingerprint density at radius 1 is 1.15 bits per heavy atom. The molecule has 1 fully saturated rings. The molecule has 1 aliphatic rings. The minimum atomic E-state index is -0.0882. The first-order chi connectivity index (χ1) is 12.7. The van der Waals surface area contributed by atoms with Crippen LogP contribution >= 0.6 is 0 Å². The second-order valence-corrected chi connectivity index (χ2v) is 6.46. The fraction of sp³-hybridized carbons (Fsp3) is 0.412. The monoisotopic (exact) mass is 356 g/mol. The highest BCUT2D eigenvalue weighted by atomic mass is 16.5. The van der Waals surface area contributed by atoms with Gasteiger partial charge >= 0.3 is 0 Å². The van der Waals surface area contributed by atoms with Crippen molar-refractivity contribution in [3.05, 3.63) is 35.9 Å². The molecule has 0 aliphatic heterocycles. The molecule has 3 aromatic rings. The second kappa shape index (κ2) is 6.85. The molecule has 0 spiro atoms. The number of nitrogens with zero attached hydrogens (tertiary/aromatic N) is 5. The summed E-state index contributed by atoms with van der Waals surface area (Å²) >= 11 is 0. The zero-order valence-electron chi connectivity index (χ0n) is 14.1. The van der Waals surface area contributed by atoms with Gasteiger partial charge in [0.1, 0.15) is 6.61 Å². The van der Waals surface area contributed by atoms with Crippen LogP contribution in [0.2, 0.25) is 0 Å². The quantitative estimate of drug-likeness (QED) is 0.583. The summed E-state index contributed by atoms with van der Waals surface area (Å²) in [5.41, 5.74) is 7.74. The molecule has 1 saturated carbocycles. The summed E-state index contributed by atoms with van der Waals surface area (Å²) in [6.45, 7) is 0.334. The Morgan fingerprint density at radius 3 is 2.69 bits per heavy atom. The number of anilines is 1. The Hall–Kier alpha value is -2.78. The predicted octanol–water partition coefficient (Wildman–Crippen LogP) is 0.544. The first-order valence-electron chi connectivity index (χ1n) is 8.48. The van der Waals surface area contributed by atoms with E-state index >= 15 is 0 Å². The largest absolute Gasteiger partial charge is 0.471 e. The average Bonchev–Trinajstić information content (AvgIpc) is 3.04. The maximum absolute atomic E-state index is 9.59. The lowest BCUT2D eigenvalue weighted by molar-refractivity contribution is -0.0109. The number of hydrogen-bond acceptors (Lipinski definition) is 8. The third kappa shape index (κ3) is 2.85. The van der Waals surface area contributed by atoms with Gasteiger partial charge in [0.05, 0.1) is 6.04 Å². The molecule has 0 unspecified atom stereocenters. The molecule has 9 heteroatoms. The van der Waals surface area contributed by atoms with E-state index in [-0.39, 0.29) is 42.9 Å². The Labute approximate surface area is 149 Å². The van der Waals surface area contributed by atoms with Crippen molar-refractivity contribution in [1.29, 1.82) is 0 Å². The maximum atomic E-state index is 9.59. The molecule has 4 N–H and O–H groups in total. The smallest absolute Gasteiger partial charge is 0.249 e. The number of hydrogen-bond donors (Lipinski definition) is 3. The van der Waals surface area contributed by atoms with Crippen LogP contribution in [0, 0.1) is 11.8 Å². The molecular weight excluding hydrogens is 336 g/mol. The van der Waals surface area contributed by atoms with Crippen LogP contribution in [-0.4, -0.2) is 48.4 Å². The molecule has 0 amide bonds. The molecule has 0 saturated heterocycles. The van der Waals surface area contributed by atoms with Gasteiger partial charge in [-0.15, -0.1) is 5.10 Å².